The topological polar surface area (TPSA) is 145 Å². The number of aliphatic hydroxyl groups is 2. The Kier molecular flexibility index (Phi) is 11.3. The number of rotatable bonds is 6. The third-order valence-corrected chi connectivity index (χ3v) is 5.35. The lowest BCUT2D eigenvalue weighted by Crippen LogP contribution is -2.42. The minimum absolute atomic E-state index is 0.0698. The molecule has 9 nitrogen and oxygen atoms in total. The third-order valence-electron chi connectivity index (χ3n) is 5.35. The Morgan fingerprint density at radius 3 is 2.64 bits per heavy atom. The average Bonchev–Trinajstić information content (AvgIpc) is 2.70. The van der Waals surface area contributed by atoms with Crippen LogP contribution < -0.4 is 5.73 Å². The van der Waals surface area contributed by atoms with E-state index in [4.69, 9.17) is 19.9 Å². The maximum atomic E-state index is 12.4. The van der Waals surface area contributed by atoms with Crippen LogP contribution in [0.15, 0.2) is 36.0 Å². The second-order valence-corrected chi connectivity index (χ2v) is 8.84. The van der Waals surface area contributed by atoms with Gasteiger partial charge in [-0.2, -0.15) is 0 Å². The number of allylic oxidation sites excluding steroid dienone is 2. The van der Waals surface area contributed by atoms with E-state index in [1.54, 1.807) is 31.2 Å². The minimum Gasteiger partial charge on any atom is -0.457 e. The fraction of sp³-hybridized carbons (Fsp3) is 0.625. The summed E-state index contributed by atoms with van der Waals surface area (Å²) in [6.07, 6.45) is 5.34. The molecule has 0 saturated carbocycles. The molecule has 0 aromatic heterocycles. The fourth-order valence-electron chi connectivity index (χ4n) is 3.39. The van der Waals surface area contributed by atoms with Crippen LogP contribution in [0.25, 0.3) is 0 Å². The zero-order valence-corrected chi connectivity index (χ0v) is 20.0. The van der Waals surface area contributed by atoms with E-state index in [0.29, 0.717) is 0 Å². The summed E-state index contributed by atoms with van der Waals surface area (Å²) in [5.74, 6) is -1.48. The van der Waals surface area contributed by atoms with Gasteiger partial charge in [0, 0.05) is 18.8 Å². The van der Waals surface area contributed by atoms with Gasteiger partial charge in [-0.1, -0.05) is 38.2 Å². The normalized spacial score (nSPS) is 31.6. The molecule has 4 N–H and O–H groups in total. The molecule has 1 aliphatic rings. The molecule has 0 unspecified atom stereocenters. The van der Waals surface area contributed by atoms with E-state index in [9.17, 15) is 24.6 Å². The highest BCUT2D eigenvalue weighted by Gasteiger charge is 2.34. The summed E-state index contributed by atoms with van der Waals surface area (Å²) >= 11 is 0. The number of ether oxygens (including phenoxy) is 3. The standard InChI is InChI=1S/C24H37NO8/c1-15(14-31-23(25)29)7-6-8-16(2)22-17(3)9-10-20(32-18(4)26)24(5,30)12-11-19(27)13-21(28)33-22/h6-10,15,17,19-20,22,27,30H,11-14H2,1-5H3,(H2,25,29)/b7-6+,10-9+,16-8+/t15-,17+,19+,20-,22-,24+/m1/s1. The number of aliphatic hydroxyl groups excluding tert-OH is 1. The van der Waals surface area contributed by atoms with E-state index in [2.05, 4.69) is 0 Å². The number of nitrogens with two attached hydrogens (primary N) is 1. The number of carbonyl (C=O) groups excluding carboxylic acids is 3. The van der Waals surface area contributed by atoms with Crippen molar-refractivity contribution in [2.45, 2.75) is 77.8 Å². The zero-order valence-electron chi connectivity index (χ0n) is 20.0. The highest BCUT2D eigenvalue weighted by molar-refractivity contribution is 5.70. The van der Waals surface area contributed by atoms with Gasteiger partial charge in [0.15, 0.2) is 0 Å². The van der Waals surface area contributed by atoms with E-state index in [0.717, 1.165) is 5.57 Å². The monoisotopic (exact) mass is 467 g/mol. The first-order valence-corrected chi connectivity index (χ1v) is 11.0. The predicted octanol–water partition coefficient (Wildman–Crippen LogP) is 2.55. The van der Waals surface area contributed by atoms with Crippen LogP contribution in [0.3, 0.4) is 0 Å². The van der Waals surface area contributed by atoms with Gasteiger partial charge >= 0.3 is 18.0 Å². The third kappa shape index (κ3) is 10.7. The summed E-state index contributed by atoms with van der Waals surface area (Å²) in [5.41, 5.74) is 4.29. The molecule has 1 heterocycles. The first-order chi connectivity index (χ1) is 15.3. The van der Waals surface area contributed by atoms with Gasteiger partial charge in [-0.3, -0.25) is 9.59 Å². The smallest absolute Gasteiger partial charge is 0.404 e. The molecular weight excluding hydrogens is 430 g/mol. The lowest BCUT2D eigenvalue weighted by molar-refractivity contribution is -0.157. The first-order valence-electron chi connectivity index (χ1n) is 11.0. The van der Waals surface area contributed by atoms with Crippen molar-refractivity contribution in [1.82, 2.24) is 0 Å². The molecule has 0 aliphatic carbocycles. The molecular formula is C24H37NO8. The summed E-state index contributed by atoms with van der Waals surface area (Å²) in [4.78, 5) is 34.7. The van der Waals surface area contributed by atoms with Crippen molar-refractivity contribution >= 4 is 18.0 Å². The summed E-state index contributed by atoms with van der Waals surface area (Å²) in [7, 11) is 0. The van der Waals surface area contributed by atoms with Gasteiger partial charge in [-0.25, -0.2) is 4.79 Å². The summed E-state index contributed by atoms with van der Waals surface area (Å²) in [5, 5.41) is 21.1. The van der Waals surface area contributed by atoms with Crippen LogP contribution >= 0.6 is 0 Å². The molecule has 0 spiro atoms. The number of amides is 1. The molecule has 9 heteroatoms. The van der Waals surface area contributed by atoms with Crippen molar-refractivity contribution in [3.05, 3.63) is 36.0 Å². The highest BCUT2D eigenvalue weighted by atomic mass is 16.6. The van der Waals surface area contributed by atoms with Gasteiger partial charge in [0.05, 0.1) is 19.1 Å². The van der Waals surface area contributed by atoms with Gasteiger partial charge in [-0.05, 0) is 38.3 Å². The lowest BCUT2D eigenvalue weighted by atomic mass is 9.88. The Hall–Kier alpha value is -2.65. The number of cyclic esters (lactones) is 1. The number of hydrogen-bond acceptors (Lipinski definition) is 8. The van der Waals surface area contributed by atoms with Crippen LogP contribution in [0.5, 0.6) is 0 Å². The van der Waals surface area contributed by atoms with Crippen LogP contribution in [-0.4, -0.2) is 58.8 Å². The second kappa shape index (κ2) is 13.2. The van der Waals surface area contributed by atoms with Crippen molar-refractivity contribution < 1.29 is 38.8 Å². The fourth-order valence-corrected chi connectivity index (χ4v) is 3.39. The summed E-state index contributed by atoms with van der Waals surface area (Å²) in [6.45, 7) is 8.43. The lowest BCUT2D eigenvalue weighted by Gasteiger charge is -2.32. The predicted molar refractivity (Wildman–Crippen MR) is 122 cm³/mol. The van der Waals surface area contributed by atoms with Gasteiger partial charge < -0.3 is 30.2 Å². The van der Waals surface area contributed by atoms with Crippen LogP contribution in [0.1, 0.15) is 53.9 Å². The molecule has 6 atom stereocenters. The largest absolute Gasteiger partial charge is 0.457 e. The van der Waals surface area contributed by atoms with E-state index < -0.39 is 41.9 Å². The number of primary amides is 1. The van der Waals surface area contributed by atoms with Crippen molar-refractivity contribution in [3.8, 4) is 0 Å². The Balaban J connectivity index is 3.14. The van der Waals surface area contributed by atoms with Crippen LogP contribution in [-0.2, 0) is 23.8 Å². The Labute approximate surface area is 195 Å². The Morgan fingerprint density at radius 1 is 1.36 bits per heavy atom. The molecule has 0 aromatic rings. The van der Waals surface area contributed by atoms with Crippen LogP contribution in [0.4, 0.5) is 4.79 Å². The Bertz CT molecular complexity index is 770. The van der Waals surface area contributed by atoms with Crippen LogP contribution in [0.2, 0.25) is 0 Å². The SMILES string of the molecule is CC(=O)O[C@@H]1/C=C/[C@H](C)[C@@H](/C(C)=C/C=C/[C@@H](C)COC(N)=O)OC(=O)C[C@@H](O)CC[C@]1(C)O. The molecule has 0 radical (unpaired) electrons. The quantitative estimate of drug-likeness (QED) is 0.234. The van der Waals surface area contributed by atoms with Crippen LogP contribution in [0, 0.1) is 11.8 Å². The maximum absolute atomic E-state index is 12.4. The number of carbonyl (C=O) groups is 3. The van der Waals surface area contributed by atoms with E-state index >= 15 is 0 Å². The summed E-state index contributed by atoms with van der Waals surface area (Å²) < 4.78 is 15.7. The molecule has 33 heavy (non-hydrogen) atoms. The molecule has 1 amide bonds. The molecule has 186 valence electrons. The molecule has 0 saturated heterocycles. The van der Waals surface area contributed by atoms with Gasteiger partial charge in [-0.15, -0.1) is 0 Å². The average molecular weight is 468 g/mol. The van der Waals surface area contributed by atoms with E-state index in [1.807, 2.05) is 19.9 Å². The van der Waals surface area contributed by atoms with Crippen molar-refractivity contribution in [2.75, 3.05) is 6.61 Å². The second-order valence-electron chi connectivity index (χ2n) is 8.84. The highest BCUT2D eigenvalue weighted by Crippen LogP contribution is 2.26. The molecule has 0 aromatic carbocycles. The minimum atomic E-state index is -1.42. The molecule has 1 aliphatic heterocycles. The number of esters is 2. The van der Waals surface area contributed by atoms with Crippen molar-refractivity contribution in [2.24, 2.45) is 17.6 Å². The molecule has 1 rings (SSSR count). The molecule has 0 fully saturated rings. The zero-order chi connectivity index (χ0) is 25.2. The van der Waals surface area contributed by atoms with Crippen molar-refractivity contribution in [3.63, 3.8) is 0 Å². The first kappa shape index (κ1) is 28.4. The molecule has 0 bridgehead atoms. The Morgan fingerprint density at radius 2 is 2.03 bits per heavy atom. The van der Waals surface area contributed by atoms with Gasteiger partial charge in [0.1, 0.15) is 17.8 Å². The van der Waals surface area contributed by atoms with Gasteiger partial charge in [0.2, 0.25) is 0 Å². The van der Waals surface area contributed by atoms with Crippen molar-refractivity contribution in [1.29, 1.82) is 0 Å². The van der Waals surface area contributed by atoms with E-state index in [1.165, 1.54) is 13.8 Å². The van der Waals surface area contributed by atoms with E-state index in [-0.39, 0.29) is 37.7 Å². The number of hydrogen-bond donors (Lipinski definition) is 3. The summed E-state index contributed by atoms with van der Waals surface area (Å²) in [6, 6.07) is 0. The maximum Gasteiger partial charge on any atom is 0.404 e. The van der Waals surface area contributed by atoms with Gasteiger partial charge in [0.25, 0.3) is 0 Å².